The number of rotatable bonds is 2. The first-order valence-corrected chi connectivity index (χ1v) is 7.52. The molecule has 0 unspecified atom stereocenters. The largest absolute Gasteiger partial charge is 0.319 e. The van der Waals surface area contributed by atoms with Crippen LogP contribution in [0, 0.1) is 17.0 Å². The van der Waals surface area contributed by atoms with Crippen molar-refractivity contribution in [1.29, 1.82) is 0 Å². The van der Waals surface area contributed by atoms with Crippen LogP contribution in [-0.2, 0) is 14.1 Å². The van der Waals surface area contributed by atoms with E-state index in [0.717, 1.165) is 11.2 Å². The van der Waals surface area contributed by atoms with Crippen molar-refractivity contribution in [2.24, 2.45) is 19.1 Å². The summed E-state index contributed by atoms with van der Waals surface area (Å²) in [5, 5.41) is 15.0. The van der Waals surface area contributed by atoms with Gasteiger partial charge in [-0.1, -0.05) is 11.3 Å². The topological polar surface area (TPSA) is 95.3 Å². The molecule has 0 N–H and O–H groups in total. The van der Waals surface area contributed by atoms with E-state index in [2.05, 4.69) is 10.1 Å². The average molecular weight is 331 g/mol. The van der Waals surface area contributed by atoms with Crippen LogP contribution in [0.1, 0.15) is 16.2 Å². The first kappa shape index (κ1) is 15.1. The van der Waals surface area contributed by atoms with E-state index >= 15 is 0 Å². The van der Waals surface area contributed by atoms with E-state index in [1.165, 1.54) is 23.5 Å². The van der Waals surface area contributed by atoms with Crippen LogP contribution in [0.3, 0.4) is 0 Å². The molecule has 118 valence electrons. The highest BCUT2D eigenvalue weighted by atomic mass is 32.1. The quantitative estimate of drug-likeness (QED) is 0.529. The maximum absolute atomic E-state index is 12.2. The van der Waals surface area contributed by atoms with E-state index in [9.17, 15) is 14.9 Å². The summed E-state index contributed by atoms with van der Waals surface area (Å²) in [4.78, 5) is 27.2. The lowest BCUT2D eigenvalue weighted by Gasteiger charge is -1.95. The fourth-order valence-electron chi connectivity index (χ4n) is 2.15. The summed E-state index contributed by atoms with van der Waals surface area (Å²) in [6.07, 6.45) is 0. The molecule has 0 aliphatic carbocycles. The smallest absolute Gasteiger partial charge is 0.300 e. The molecule has 2 heterocycles. The lowest BCUT2D eigenvalue weighted by atomic mass is 10.3. The van der Waals surface area contributed by atoms with Gasteiger partial charge in [0.2, 0.25) is 0 Å². The molecule has 0 spiro atoms. The molecule has 0 aliphatic heterocycles. The Kier molecular flexibility index (Phi) is 3.57. The SMILES string of the molecule is Cc1cc(C(=O)N=c2sc3cc([N+](=O)[O-])ccc3n2C)nn1C. The van der Waals surface area contributed by atoms with E-state index in [4.69, 9.17) is 0 Å². The van der Waals surface area contributed by atoms with Gasteiger partial charge >= 0.3 is 0 Å². The third-order valence-corrected chi connectivity index (χ3v) is 4.63. The van der Waals surface area contributed by atoms with Crippen LogP contribution in [-0.4, -0.2) is 25.2 Å². The third kappa shape index (κ3) is 2.66. The van der Waals surface area contributed by atoms with Crippen LogP contribution in [0.25, 0.3) is 10.2 Å². The fourth-order valence-corrected chi connectivity index (χ4v) is 3.20. The molecule has 1 aromatic carbocycles. The molecule has 0 aliphatic rings. The summed E-state index contributed by atoms with van der Waals surface area (Å²) >= 11 is 1.23. The van der Waals surface area contributed by atoms with E-state index in [0.29, 0.717) is 9.50 Å². The minimum atomic E-state index is -0.447. The van der Waals surface area contributed by atoms with Crippen molar-refractivity contribution in [3.63, 3.8) is 0 Å². The van der Waals surface area contributed by atoms with Crippen molar-refractivity contribution in [3.05, 3.63) is 50.6 Å². The molecule has 23 heavy (non-hydrogen) atoms. The zero-order chi connectivity index (χ0) is 16.7. The molecular formula is C14H13N5O3S. The highest BCUT2D eigenvalue weighted by Crippen LogP contribution is 2.22. The maximum Gasteiger partial charge on any atom is 0.300 e. The molecule has 3 rings (SSSR count). The summed E-state index contributed by atoms with van der Waals surface area (Å²) < 4.78 is 4.04. The van der Waals surface area contributed by atoms with E-state index in [-0.39, 0.29) is 11.4 Å². The van der Waals surface area contributed by atoms with Crippen molar-refractivity contribution in [3.8, 4) is 0 Å². The second-order valence-corrected chi connectivity index (χ2v) is 6.07. The van der Waals surface area contributed by atoms with Gasteiger partial charge < -0.3 is 4.57 Å². The van der Waals surface area contributed by atoms with Crippen molar-refractivity contribution in [2.45, 2.75) is 6.92 Å². The highest BCUT2D eigenvalue weighted by Gasteiger charge is 2.13. The summed E-state index contributed by atoms with van der Waals surface area (Å²) in [5.41, 5.74) is 1.93. The number of amides is 1. The normalized spacial score (nSPS) is 12.0. The Hall–Kier alpha value is -2.81. The summed E-state index contributed by atoms with van der Waals surface area (Å²) in [6, 6.07) is 6.24. The highest BCUT2D eigenvalue weighted by molar-refractivity contribution is 7.16. The van der Waals surface area contributed by atoms with E-state index < -0.39 is 10.8 Å². The van der Waals surface area contributed by atoms with Crippen LogP contribution in [0.4, 0.5) is 5.69 Å². The average Bonchev–Trinajstić information content (AvgIpc) is 3.00. The van der Waals surface area contributed by atoms with E-state index in [1.54, 1.807) is 35.5 Å². The molecule has 1 amide bonds. The Bertz CT molecular complexity index is 992. The number of aromatic nitrogens is 3. The first-order chi connectivity index (χ1) is 10.9. The number of thiazole rings is 1. The fraction of sp³-hybridized carbons (Fsp3) is 0.214. The standard InChI is InChI=1S/C14H13N5O3S/c1-8-6-10(16-18(8)3)13(20)15-14-17(2)11-5-4-9(19(21)22)7-12(11)23-14/h4-7H,1-3H3. The summed E-state index contributed by atoms with van der Waals surface area (Å²) in [6.45, 7) is 1.85. The van der Waals surface area contributed by atoms with Gasteiger partial charge in [0.05, 0.1) is 15.1 Å². The first-order valence-electron chi connectivity index (χ1n) is 6.70. The molecule has 0 radical (unpaired) electrons. The second kappa shape index (κ2) is 5.43. The second-order valence-electron chi connectivity index (χ2n) is 5.06. The third-order valence-electron chi connectivity index (χ3n) is 3.53. The van der Waals surface area contributed by atoms with Gasteiger partial charge in [-0.05, 0) is 19.1 Å². The van der Waals surface area contributed by atoms with Crippen LogP contribution >= 0.6 is 11.3 Å². The molecule has 9 heteroatoms. The monoisotopic (exact) mass is 331 g/mol. The van der Waals surface area contributed by atoms with Crippen LogP contribution in [0.5, 0.6) is 0 Å². The van der Waals surface area contributed by atoms with E-state index in [1.807, 2.05) is 6.92 Å². The summed E-state index contributed by atoms with van der Waals surface area (Å²) in [5.74, 6) is -0.439. The zero-order valence-electron chi connectivity index (χ0n) is 12.7. The molecule has 3 aromatic rings. The van der Waals surface area contributed by atoms with Crippen molar-refractivity contribution >= 4 is 33.1 Å². The molecule has 0 atom stereocenters. The lowest BCUT2D eigenvalue weighted by Crippen LogP contribution is -2.13. The number of benzene rings is 1. The van der Waals surface area contributed by atoms with Gasteiger partial charge in [0.15, 0.2) is 10.5 Å². The Morgan fingerprint density at radius 1 is 1.35 bits per heavy atom. The van der Waals surface area contributed by atoms with Crippen molar-refractivity contribution in [1.82, 2.24) is 14.3 Å². The molecule has 0 fully saturated rings. The minimum absolute atomic E-state index is 0.0116. The Morgan fingerprint density at radius 2 is 2.09 bits per heavy atom. The van der Waals surface area contributed by atoms with Crippen LogP contribution in [0.15, 0.2) is 29.3 Å². The van der Waals surface area contributed by atoms with Crippen LogP contribution in [0.2, 0.25) is 0 Å². The number of carbonyl (C=O) groups is 1. The number of carbonyl (C=O) groups excluding carboxylic acids is 1. The number of aryl methyl sites for hydroxylation is 3. The van der Waals surface area contributed by atoms with Gasteiger partial charge in [-0.15, -0.1) is 0 Å². The molecule has 0 bridgehead atoms. The van der Waals surface area contributed by atoms with Gasteiger partial charge in [-0.3, -0.25) is 19.6 Å². The zero-order valence-corrected chi connectivity index (χ0v) is 13.5. The molecule has 8 nitrogen and oxygen atoms in total. The van der Waals surface area contributed by atoms with Crippen LogP contribution < -0.4 is 4.80 Å². The number of non-ortho nitro benzene ring substituents is 1. The number of hydrogen-bond donors (Lipinski definition) is 0. The Balaban J connectivity index is 2.10. The Morgan fingerprint density at radius 3 is 2.70 bits per heavy atom. The van der Waals surface area contributed by atoms with Crippen molar-refractivity contribution < 1.29 is 9.72 Å². The minimum Gasteiger partial charge on any atom is -0.319 e. The molecule has 0 saturated heterocycles. The number of nitro groups is 1. The molecular weight excluding hydrogens is 318 g/mol. The van der Waals surface area contributed by atoms with Gasteiger partial charge in [0.25, 0.3) is 11.6 Å². The number of nitrogens with zero attached hydrogens (tertiary/aromatic N) is 5. The van der Waals surface area contributed by atoms with Gasteiger partial charge in [0, 0.05) is 31.9 Å². The maximum atomic E-state index is 12.2. The number of fused-ring (bicyclic) bond motifs is 1. The predicted molar refractivity (Wildman–Crippen MR) is 85.3 cm³/mol. The van der Waals surface area contributed by atoms with Gasteiger partial charge in [-0.2, -0.15) is 10.1 Å². The summed E-state index contributed by atoms with van der Waals surface area (Å²) in [7, 11) is 3.52. The lowest BCUT2D eigenvalue weighted by molar-refractivity contribution is -0.384. The Labute approximate surface area is 134 Å². The number of hydrogen-bond acceptors (Lipinski definition) is 5. The van der Waals surface area contributed by atoms with Gasteiger partial charge in [0.1, 0.15) is 0 Å². The van der Waals surface area contributed by atoms with Crippen molar-refractivity contribution in [2.75, 3.05) is 0 Å². The van der Waals surface area contributed by atoms with Gasteiger partial charge in [-0.25, -0.2) is 0 Å². The predicted octanol–water partition coefficient (Wildman–Crippen LogP) is 1.93. The molecule has 2 aromatic heterocycles. The number of nitro benzene ring substituents is 1. The molecule has 0 saturated carbocycles.